The van der Waals surface area contributed by atoms with Crippen LogP contribution in [0.1, 0.15) is 5.01 Å². The van der Waals surface area contributed by atoms with Gasteiger partial charge in [-0.05, 0) is 37.3 Å². The molecule has 120 valence electrons. The number of sulfonamides is 1. The quantitative estimate of drug-likeness (QED) is 0.635. The molecule has 1 heterocycles. The molecule has 0 atom stereocenters. The van der Waals surface area contributed by atoms with Crippen molar-refractivity contribution < 1.29 is 8.42 Å². The average molecular weight is 408 g/mol. The summed E-state index contributed by atoms with van der Waals surface area (Å²) in [7, 11) is -3.89. The Morgan fingerprint density at radius 3 is 2.57 bits per heavy atom. The molecule has 0 fully saturated rings. The minimum Gasteiger partial charge on any atom is -0.278 e. The number of hydrogen-bond acceptors (Lipinski definition) is 4. The monoisotopic (exact) mass is 406 g/mol. The van der Waals surface area contributed by atoms with Crippen molar-refractivity contribution in [3.05, 3.63) is 50.4 Å². The summed E-state index contributed by atoms with van der Waals surface area (Å²) in [6.07, 6.45) is 0. The van der Waals surface area contributed by atoms with E-state index in [1.807, 2.05) is 6.92 Å². The first kappa shape index (κ1) is 16.8. The second-order valence-electron chi connectivity index (χ2n) is 4.69. The molecular weight excluding hydrogens is 399 g/mol. The molecule has 0 saturated carbocycles. The van der Waals surface area contributed by atoms with Crippen LogP contribution in [0.2, 0.25) is 15.1 Å². The smallest absolute Gasteiger partial charge is 0.263 e. The standard InChI is InChI=1S/C14H9Cl3N2O2S2/c1-7-18-14-11(22-7)4-3-10(13(14)17)19-23(20,21)12-5-2-8(15)6-9(12)16/h2-6,19H,1H3. The van der Waals surface area contributed by atoms with Crippen LogP contribution in [0.4, 0.5) is 5.69 Å². The summed E-state index contributed by atoms with van der Waals surface area (Å²) in [5.41, 5.74) is 0.812. The highest BCUT2D eigenvalue weighted by atomic mass is 35.5. The van der Waals surface area contributed by atoms with Gasteiger partial charge in [0.1, 0.15) is 10.4 Å². The number of fused-ring (bicyclic) bond motifs is 1. The number of hydrogen-bond donors (Lipinski definition) is 1. The Hall–Kier alpha value is -1.05. The van der Waals surface area contributed by atoms with Gasteiger partial charge in [-0.2, -0.15) is 0 Å². The highest BCUT2D eigenvalue weighted by Gasteiger charge is 2.20. The molecule has 1 aromatic heterocycles. The number of anilines is 1. The molecule has 0 unspecified atom stereocenters. The van der Waals surface area contributed by atoms with Gasteiger partial charge in [-0.3, -0.25) is 4.72 Å². The van der Waals surface area contributed by atoms with Gasteiger partial charge in [0, 0.05) is 5.02 Å². The van der Waals surface area contributed by atoms with Gasteiger partial charge in [0.05, 0.1) is 25.4 Å². The Morgan fingerprint density at radius 2 is 1.87 bits per heavy atom. The minimum atomic E-state index is -3.89. The zero-order chi connectivity index (χ0) is 16.8. The van der Waals surface area contributed by atoms with E-state index in [-0.39, 0.29) is 20.6 Å². The molecular formula is C14H9Cl3N2O2S2. The van der Waals surface area contributed by atoms with Crippen molar-refractivity contribution in [2.24, 2.45) is 0 Å². The van der Waals surface area contributed by atoms with Gasteiger partial charge in [0.25, 0.3) is 10.0 Å². The highest BCUT2D eigenvalue weighted by Crippen LogP contribution is 2.35. The van der Waals surface area contributed by atoms with E-state index in [1.165, 1.54) is 29.5 Å². The predicted molar refractivity (Wildman–Crippen MR) is 96.6 cm³/mol. The average Bonchev–Trinajstić information content (AvgIpc) is 2.83. The number of aromatic nitrogens is 1. The first-order chi connectivity index (χ1) is 10.8. The van der Waals surface area contributed by atoms with Gasteiger partial charge in [0.15, 0.2) is 0 Å². The maximum atomic E-state index is 12.5. The number of benzene rings is 2. The summed E-state index contributed by atoms with van der Waals surface area (Å²) in [5.74, 6) is 0. The number of thiazole rings is 1. The summed E-state index contributed by atoms with van der Waals surface area (Å²) in [5, 5.41) is 1.49. The summed E-state index contributed by atoms with van der Waals surface area (Å²) in [6, 6.07) is 7.53. The van der Waals surface area contributed by atoms with Gasteiger partial charge in [-0.1, -0.05) is 34.8 Å². The van der Waals surface area contributed by atoms with E-state index < -0.39 is 10.0 Å². The van der Waals surface area contributed by atoms with E-state index >= 15 is 0 Å². The summed E-state index contributed by atoms with van der Waals surface area (Å²) < 4.78 is 28.4. The van der Waals surface area contributed by atoms with Crippen molar-refractivity contribution in [2.75, 3.05) is 4.72 Å². The molecule has 0 amide bonds. The molecule has 3 aromatic rings. The van der Waals surface area contributed by atoms with Crippen molar-refractivity contribution in [2.45, 2.75) is 11.8 Å². The van der Waals surface area contributed by atoms with Crippen molar-refractivity contribution in [1.82, 2.24) is 4.98 Å². The lowest BCUT2D eigenvalue weighted by molar-refractivity contribution is 0.601. The fraction of sp³-hybridized carbons (Fsp3) is 0.0714. The Labute approximate surface area is 152 Å². The second kappa shape index (κ2) is 6.11. The molecule has 0 spiro atoms. The lowest BCUT2D eigenvalue weighted by atomic mass is 10.3. The third-order valence-corrected chi connectivity index (χ3v) is 6.44. The molecule has 1 N–H and O–H groups in total. The molecule has 0 radical (unpaired) electrons. The van der Waals surface area contributed by atoms with Crippen LogP contribution in [-0.2, 0) is 10.0 Å². The molecule has 0 aliphatic carbocycles. The number of rotatable bonds is 3. The van der Waals surface area contributed by atoms with Gasteiger partial charge < -0.3 is 0 Å². The largest absolute Gasteiger partial charge is 0.278 e. The van der Waals surface area contributed by atoms with Gasteiger partial charge >= 0.3 is 0 Å². The van der Waals surface area contributed by atoms with Crippen LogP contribution in [0.25, 0.3) is 10.2 Å². The van der Waals surface area contributed by atoms with Crippen LogP contribution in [0, 0.1) is 6.92 Å². The highest BCUT2D eigenvalue weighted by molar-refractivity contribution is 7.92. The van der Waals surface area contributed by atoms with E-state index in [0.717, 1.165) is 9.71 Å². The van der Waals surface area contributed by atoms with E-state index in [9.17, 15) is 8.42 Å². The number of nitrogens with zero attached hydrogens (tertiary/aromatic N) is 1. The Balaban J connectivity index is 2.05. The molecule has 0 aliphatic heterocycles. The molecule has 3 rings (SSSR count). The van der Waals surface area contributed by atoms with Crippen molar-refractivity contribution in [3.8, 4) is 0 Å². The lowest BCUT2D eigenvalue weighted by Gasteiger charge is -2.11. The lowest BCUT2D eigenvalue weighted by Crippen LogP contribution is -2.13. The van der Waals surface area contributed by atoms with E-state index in [2.05, 4.69) is 9.71 Å². The van der Waals surface area contributed by atoms with Gasteiger partial charge in [-0.15, -0.1) is 11.3 Å². The normalized spacial score (nSPS) is 11.8. The Kier molecular flexibility index (Phi) is 4.46. The maximum Gasteiger partial charge on any atom is 0.263 e. The van der Waals surface area contributed by atoms with Crippen LogP contribution >= 0.6 is 46.1 Å². The first-order valence-corrected chi connectivity index (χ1v) is 9.75. The van der Waals surface area contributed by atoms with Crippen LogP contribution in [0.3, 0.4) is 0 Å². The van der Waals surface area contributed by atoms with Crippen molar-refractivity contribution >= 4 is 72.1 Å². The van der Waals surface area contributed by atoms with Crippen LogP contribution < -0.4 is 4.72 Å². The second-order valence-corrected chi connectivity index (χ2v) is 8.79. The predicted octanol–water partition coefficient (Wildman–Crippen LogP) is 5.37. The Morgan fingerprint density at radius 1 is 1.13 bits per heavy atom. The summed E-state index contributed by atoms with van der Waals surface area (Å²) >= 11 is 19.5. The minimum absolute atomic E-state index is 0.0340. The van der Waals surface area contributed by atoms with Crippen molar-refractivity contribution in [3.63, 3.8) is 0 Å². The van der Waals surface area contributed by atoms with Crippen LogP contribution in [0.5, 0.6) is 0 Å². The third-order valence-electron chi connectivity index (χ3n) is 3.03. The molecule has 9 heteroatoms. The van der Waals surface area contributed by atoms with Crippen LogP contribution in [-0.4, -0.2) is 13.4 Å². The topological polar surface area (TPSA) is 59.1 Å². The third kappa shape index (κ3) is 3.27. The van der Waals surface area contributed by atoms with Gasteiger partial charge in [-0.25, -0.2) is 13.4 Å². The molecule has 0 bridgehead atoms. The molecule has 0 aliphatic rings. The number of halogens is 3. The van der Waals surface area contributed by atoms with Crippen molar-refractivity contribution in [1.29, 1.82) is 0 Å². The molecule has 2 aromatic carbocycles. The van der Waals surface area contributed by atoms with E-state index in [0.29, 0.717) is 10.5 Å². The molecule has 23 heavy (non-hydrogen) atoms. The SMILES string of the molecule is Cc1nc2c(Cl)c(NS(=O)(=O)c3ccc(Cl)cc3Cl)ccc2s1. The summed E-state index contributed by atoms with van der Waals surface area (Å²) in [6.45, 7) is 1.86. The van der Waals surface area contributed by atoms with E-state index in [4.69, 9.17) is 34.8 Å². The van der Waals surface area contributed by atoms with Crippen LogP contribution in [0.15, 0.2) is 35.2 Å². The number of aryl methyl sites for hydroxylation is 1. The van der Waals surface area contributed by atoms with E-state index in [1.54, 1.807) is 12.1 Å². The number of nitrogens with one attached hydrogen (secondary N) is 1. The Bertz CT molecular complexity index is 1020. The summed E-state index contributed by atoms with van der Waals surface area (Å²) in [4.78, 5) is 4.24. The van der Waals surface area contributed by atoms with Gasteiger partial charge in [0.2, 0.25) is 0 Å². The molecule has 4 nitrogen and oxygen atoms in total. The molecule has 0 saturated heterocycles. The fourth-order valence-corrected chi connectivity index (χ4v) is 5.09. The fourth-order valence-electron chi connectivity index (χ4n) is 2.04. The zero-order valence-electron chi connectivity index (χ0n) is 11.6. The maximum absolute atomic E-state index is 12.5. The first-order valence-electron chi connectivity index (χ1n) is 6.31. The zero-order valence-corrected chi connectivity index (χ0v) is 15.5.